The van der Waals surface area contributed by atoms with E-state index in [0.717, 1.165) is 17.9 Å². The van der Waals surface area contributed by atoms with E-state index in [4.69, 9.17) is 0 Å². The van der Waals surface area contributed by atoms with Gasteiger partial charge in [-0.1, -0.05) is 20.8 Å². The first-order valence-corrected chi connectivity index (χ1v) is 7.36. The summed E-state index contributed by atoms with van der Waals surface area (Å²) in [6.45, 7) is 7.09. The molecule has 2 amide bonds. The van der Waals surface area contributed by atoms with Crippen molar-refractivity contribution in [3.8, 4) is 0 Å². The fourth-order valence-electron chi connectivity index (χ4n) is 1.97. The van der Waals surface area contributed by atoms with E-state index >= 15 is 0 Å². The fourth-order valence-corrected chi connectivity index (χ4v) is 2.58. The van der Waals surface area contributed by atoms with Crippen LogP contribution in [0.3, 0.4) is 0 Å². The van der Waals surface area contributed by atoms with Crippen LogP contribution in [-0.2, 0) is 9.59 Å². The largest absolute Gasteiger partial charge is 0.345 e. The third-order valence-corrected chi connectivity index (χ3v) is 3.67. The molecule has 0 spiro atoms. The summed E-state index contributed by atoms with van der Waals surface area (Å²) < 4.78 is 0. The first-order chi connectivity index (χ1) is 8.06. The van der Waals surface area contributed by atoms with Gasteiger partial charge in [-0.15, -0.1) is 0 Å². The van der Waals surface area contributed by atoms with E-state index in [0.29, 0.717) is 12.5 Å². The van der Waals surface area contributed by atoms with Crippen LogP contribution in [0.1, 0.15) is 27.2 Å². The molecule has 0 aromatic rings. The molecular formula is C12H22N2O2S. The molecule has 1 unspecified atom stereocenters. The highest BCUT2D eigenvalue weighted by Gasteiger charge is 2.34. The summed E-state index contributed by atoms with van der Waals surface area (Å²) in [4.78, 5) is 25.4. The van der Waals surface area contributed by atoms with Gasteiger partial charge in [0.15, 0.2) is 0 Å². The first-order valence-electron chi connectivity index (χ1n) is 6.21. The molecule has 0 aromatic heterocycles. The van der Waals surface area contributed by atoms with Crippen LogP contribution in [0.15, 0.2) is 0 Å². The maximum atomic E-state index is 11.8. The van der Waals surface area contributed by atoms with Gasteiger partial charge in [0.1, 0.15) is 6.04 Å². The summed E-state index contributed by atoms with van der Waals surface area (Å²) in [6.07, 6.45) is 0.744. The van der Waals surface area contributed by atoms with Crippen LogP contribution in [0.2, 0.25) is 0 Å². The highest BCUT2D eigenvalue weighted by Crippen LogP contribution is 2.16. The van der Waals surface area contributed by atoms with E-state index < -0.39 is 0 Å². The molecule has 4 nitrogen and oxygen atoms in total. The second-order valence-corrected chi connectivity index (χ2v) is 6.04. The van der Waals surface area contributed by atoms with E-state index in [1.807, 2.05) is 0 Å². The second kappa shape index (κ2) is 6.89. The highest BCUT2D eigenvalue weighted by molar-refractivity contribution is 7.99. The van der Waals surface area contributed by atoms with Gasteiger partial charge in [0, 0.05) is 12.3 Å². The molecule has 1 fully saturated rings. The van der Waals surface area contributed by atoms with Crippen molar-refractivity contribution >= 4 is 23.6 Å². The molecule has 1 N–H and O–H groups in total. The Morgan fingerprint density at radius 2 is 2.18 bits per heavy atom. The average molecular weight is 258 g/mol. The number of nitrogens with one attached hydrogen (secondary N) is 1. The van der Waals surface area contributed by atoms with Gasteiger partial charge in [-0.05, 0) is 18.1 Å². The Kier molecular flexibility index (Phi) is 5.82. The van der Waals surface area contributed by atoms with Crippen LogP contribution >= 0.6 is 11.8 Å². The zero-order chi connectivity index (χ0) is 12.8. The van der Waals surface area contributed by atoms with Crippen LogP contribution in [0.5, 0.6) is 0 Å². The minimum Gasteiger partial charge on any atom is -0.345 e. The third-order valence-electron chi connectivity index (χ3n) is 2.79. The predicted molar refractivity (Wildman–Crippen MR) is 71.0 cm³/mol. The van der Waals surface area contributed by atoms with E-state index in [2.05, 4.69) is 26.1 Å². The second-order valence-electron chi connectivity index (χ2n) is 4.65. The Hall–Kier alpha value is -0.710. The Labute approximate surface area is 108 Å². The van der Waals surface area contributed by atoms with Crippen molar-refractivity contribution in [1.29, 1.82) is 0 Å². The standard InChI is InChI=1S/C12H22N2O2S/c1-4-17-6-5-14-10(7-9(2)3)12(16)13-8-11(14)15/h9-10H,4-8H2,1-3H3,(H,13,16). The molecule has 1 saturated heterocycles. The molecule has 5 heteroatoms. The van der Waals surface area contributed by atoms with E-state index in [1.54, 1.807) is 16.7 Å². The lowest BCUT2D eigenvalue weighted by Crippen LogP contribution is -2.59. The van der Waals surface area contributed by atoms with Crippen LogP contribution in [0.25, 0.3) is 0 Å². The summed E-state index contributed by atoms with van der Waals surface area (Å²) in [7, 11) is 0. The number of thioether (sulfide) groups is 1. The minimum atomic E-state index is -0.270. The van der Waals surface area contributed by atoms with Crippen LogP contribution in [-0.4, -0.2) is 47.4 Å². The van der Waals surface area contributed by atoms with Crippen molar-refractivity contribution < 1.29 is 9.59 Å². The third kappa shape index (κ3) is 4.22. The first kappa shape index (κ1) is 14.4. The highest BCUT2D eigenvalue weighted by atomic mass is 32.2. The normalized spacial score (nSPS) is 20.9. The molecule has 1 aliphatic heterocycles. The van der Waals surface area contributed by atoms with E-state index in [1.165, 1.54) is 0 Å². The lowest BCUT2D eigenvalue weighted by molar-refractivity contribution is -0.145. The molecule has 1 aliphatic rings. The summed E-state index contributed by atoms with van der Waals surface area (Å²) in [5, 5.41) is 2.67. The van der Waals surface area contributed by atoms with E-state index in [-0.39, 0.29) is 24.4 Å². The van der Waals surface area contributed by atoms with Gasteiger partial charge >= 0.3 is 0 Å². The smallest absolute Gasteiger partial charge is 0.243 e. The quantitative estimate of drug-likeness (QED) is 0.726. The van der Waals surface area contributed by atoms with Crippen molar-refractivity contribution in [2.75, 3.05) is 24.6 Å². The molecule has 1 heterocycles. The zero-order valence-corrected chi connectivity index (χ0v) is 11.7. The van der Waals surface area contributed by atoms with Gasteiger partial charge in [0.2, 0.25) is 11.8 Å². The van der Waals surface area contributed by atoms with Crippen molar-refractivity contribution in [2.24, 2.45) is 5.92 Å². The molecule has 0 radical (unpaired) electrons. The molecule has 0 bridgehead atoms. The van der Waals surface area contributed by atoms with Crippen molar-refractivity contribution in [3.05, 3.63) is 0 Å². The molecule has 0 aliphatic carbocycles. The number of nitrogens with zero attached hydrogens (tertiary/aromatic N) is 1. The fraction of sp³-hybridized carbons (Fsp3) is 0.833. The molecule has 0 saturated carbocycles. The molecule has 17 heavy (non-hydrogen) atoms. The number of amides is 2. The molecule has 1 atom stereocenters. The van der Waals surface area contributed by atoms with Gasteiger partial charge in [-0.25, -0.2) is 0 Å². The Bertz CT molecular complexity index is 282. The van der Waals surface area contributed by atoms with Crippen LogP contribution in [0.4, 0.5) is 0 Å². The summed E-state index contributed by atoms with van der Waals surface area (Å²) in [6, 6.07) is -0.270. The van der Waals surface area contributed by atoms with Gasteiger partial charge in [0.25, 0.3) is 0 Å². The maximum Gasteiger partial charge on any atom is 0.243 e. The molecular weight excluding hydrogens is 236 g/mol. The maximum absolute atomic E-state index is 11.8. The molecule has 1 rings (SSSR count). The number of piperazine rings is 1. The number of rotatable bonds is 6. The van der Waals surface area contributed by atoms with Crippen molar-refractivity contribution in [3.63, 3.8) is 0 Å². The average Bonchev–Trinajstić information content (AvgIpc) is 2.27. The summed E-state index contributed by atoms with van der Waals surface area (Å²) in [5.74, 6) is 2.41. The van der Waals surface area contributed by atoms with Gasteiger partial charge < -0.3 is 10.2 Å². The van der Waals surface area contributed by atoms with Gasteiger partial charge in [-0.3, -0.25) is 9.59 Å². The predicted octanol–water partition coefficient (Wildman–Crippen LogP) is 1.11. The Morgan fingerprint density at radius 3 is 2.76 bits per heavy atom. The monoisotopic (exact) mass is 258 g/mol. The summed E-state index contributed by atoms with van der Waals surface area (Å²) >= 11 is 1.80. The molecule has 98 valence electrons. The van der Waals surface area contributed by atoms with E-state index in [9.17, 15) is 9.59 Å². The SMILES string of the molecule is CCSCCN1C(=O)CNC(=O)C1CC(C)C. The zero-order valence-electron chi connectivity index (χ0n) is 10.9. The minimum absolute atomic E-state index is 0.000187. The Balaban J connectivity index is 2.63. The lowest BCUT2D eigenvalue weighted by Gasteiger charge is -2.35. The number of hydrogen-bond donors (Lipinski definition) is 1. The van der Waals surface area contributed by atoms with Gasteiger partial charge in [-0.2, -0.15) is 11.8 Å². The number of hydrogen-bond acceptors (Lipinski definition) is 3. The van der Waals surface area contributed by atoms with Crippen molar-refractivity contribution in [1.82, 2.24) is 10.2 Å². The van der Waals surface area contributed by atoms with Gasteiger partial charge in [0.05, 0.1) is 6.54 Å². The number of carbonyl (C=O) groups excluding carboxylic acids is 2. The molecule has 0 aromatic carbocycles. The van der Waals surface area contributed by atoms with Crippen molar-refractivity contribution in [2.45, 2.75) is 33.2 Å². The summed E-state index contributed by atoms with van der Waals surface area (Å²) in [5.41, 5.74) is 0. The van der Waals surface area contributed by atoms with Crippen LogP contribution in [0, 0.1) is 5.92 Å². The Morgan fingerprint density at radius 1 is 1.47 bits per heavy atom. The topological polar surface area (TPSA) is 49.4 Å². The number of carbonyl (C=O) groups is 2. The lowest BCUT2D eigenvalue weighted by atomic mass is 10.00. The van der Waals surface area contributed by atoms with Crippen LogP contribution < -0.4 is 5.32 Å².